The third-order valence-corrected chi connectivity index (χ3v) is 4.06. The average Bonchev–Trinajstić information content (AvgIpc) is 3.38. The van der Waals surface area contributed by atoms with E-state index >= 15 is 0 Å². The van der Waals surface area contributed by atoms with Gasteiger partial charge in [0.2, 0.25) is 0 Å². The first-order chi connectivity index (χ1) is 10.4. The van der Waals surface area contributed by atoms with Crippen LogP contribution in [0.15, 0.2) is 60.7 Å². The van der Waals surface area contributed by atoms with E-state index in [-0.39, 0.29) is 0 Å². The van der Waals surface area contributed by atoms with Crippen molar-refractivity contribution in [3.8, 4) is 0 Å². The third-order valence-electron chi connectivity index (χ3n) is 4.06. The Balaban J connectivity index is 1.69. The SMILES string of the molecule is c1ccc(CNc2nc(C3CC3)cc3ccccc23)cc1. The number of nitrogens with one attached hydrogen (secondary N) is 1. The molecule has 0 radical (unpaired) electrons. The number of pyridine rings is 1. The van der Waals surface area contributed by atoms with Crippen LogP contribution in [0.5, 0.6) is 0 Å². The Morgan fingerprint density at radius 1 is 0.952 bits per heavy atom. The zero-order chi connectivity index (χ0) is 14.1. The van der Waals surface area contributed by atoms with Crippen molar-refractivity contribution in [3.63, 3.8) is 0 Å². The highest BCUT2D eigenvalue weighted by molar-refractivity contribution is 5.92. The van der Waals surface area contributed by atoms with Crippen molar-refractivity contribution in [2.24, 2.45) is 0 Å². The van der Waals surface area contributed by atoms with Crippen molar-refractivity contribution >= 4 is 16.6 Å². The summed E-state index contributed by atoms with van der Waals surface area (Å²) >= 11 is 0. The van der Waals surface area contributed by atoms with Crippen LogP contribution in [0.3, 0.4) is 0 Å². The van der Waals surface area contributed by atoms with Crippen LogP contribution in [-0.4, -0.2) is 4.98 Å². The highest BCUT2D eigenvalue weighted by Gasteiger charge is 2.25. The molecule has 0 unspecified atom stereocenters. The largest absolute Gasteiger partial charge is 0.365 e. The van der Waals surface area contributed by atoms with Crippen LogP contribution in [0, 0.1) is 0 Å². The second kappa shape index (κ2) is 5.21. The van der Waals surface area contributed by atoms with Gasteiger partial charge in [0.25, 0.3) is 0 Å². The van der Waals surface area contributed by atoms with Crippen molar-refractivity contribution in [1.29, 1.82) is 0 Å². The van der Waals surface area contributed by atoms with Gasteiger partial charge in [-0.15, -0.1) is 0 Å². The number of aromatic nitrogens is 1. The second-order valence-corrected chi connectivity index (χ2v) is 5.73. The van der Waals surface area contributed by atoms with Gasteiger partial charge < -0.3 is 5.32 Å². The molecular weight excluding hydrogens is 256 g/mol. The minimum Gasteiger partial charge on any atom is -0.365 e. The maximum absolute atomic E-state index is 4.87. The molecule has 4 rings (SSSR count). The maximum Gasteiger partial charge on any atom is 0.134 e. The summed E-state index contributed by atoms with van der Waals surface area (Å²) in [6.45, 7) is 0.811. The zero-order valence-corrected chi connectivity index (χ0v) is 11.9. The van der Waals surface area contributed by atoms with Gasteiger partial charge in [-0.1, -0.05) is 54.6 Å². The molecule has 0 saturated heterocycles. The van der Waals surface area contributed by atoms with E-state index in [1.54, 1.807) is 0 Å². The van der Waals surface area contributed by atoms with Crippen molar-refractivity contribution in [2.75, 3.05) is 5.32 Å². The van der Waals surface area contributed by atoms with Crippen LogP contribution >= 0.6 is 0 Å². The summed E-state index contributed by atoms with van der Waals surface area (Å²) < 4.78 is 0. The van der Waals surface area contributed by atoms with Gasteiger partial charge >= 0.3 is 0 Å². The van der Waals surface area contributed by atoms with Crippen LogP contribution < -0.4 is 5.32 Å². The van der Waals surface area contributed by atoms with Crippen LogP contribution in [0.25, 0.3) is 10.8 Å². The third kappa shape index (κ3) is 2.62. The fraction of sp³-hybridized carbons (Fsp3) is 0.211. The van der Waals surface area contributed by atoms with Crippen LogP contribution in [0.1, 0.15) is 30.0 Å². The molecule has 0 amide bonds. The molecule has 1 heterocycles. The number of benzene rings is 2. The number of hydrogen-bond donors (Lipinski definition) is 1. The van der Waals surface area contributed by atoms with Crippen molar-refractivity contribution in [3.05, 3.63) is 71.9 Å². The molecule has 2 heteroatoms. The van der Waals surface area contributed by atoms with E-state index < -0.39 is 0 Å². The predicted molar refractivity (Wildman–Crippen MR) is 87.5 cm³/mol. The number of fused-ring (bicyclic) bond motifs is 1. The van der Waals surface area contributed by atoms with Crippen molar-refractivity contribution in [1.82, 2.24) is 4.98 Å². The van der Waals surface area contributed by atoms with Gasteiger partial charge in [-0.2, -0.15) is 0 Å². The molecule has 21 heavy (non-hydrogen) atoms. The summed E-state index contributed by atoms with van der Waals surface area (Å²) in [5, 5.41) is 6.00. The smallest absolute Gasteiger partial charge is 0.134 e. The zero-order valence-electron chi connectivity index (χ0n) is 11.9. The Morgan fingerprint density at radius 2 is 1.71 bits per heavy atom. The summed E-state index contributed by atoms with van der Waals surface area (Å²) in [7, 11) is 0. The molecular formula is C19H18N2. The molecule has 0 bridgehead atoms. The van der Waals surface area contributed by atoms with Gasteiger partial charge in [-0.3, -0.25) is 0 Å². The highest BCUT2D eigenvalue weighted by Crippen LogP contribution is 2.40. The molecule has 1 aliphatic carbocycles. The number of nitrogens with zero attached hydrogens (tertiary/aromatic N) is 1. The normalized spacial score (nSPS) is 14.3. The fourth-order valence-corrected chi connectivity index (χ4v) is 2.72. The Hall–Kier alpha value is -2.35. The predicted octanol–water partition coefficient (Wildman–Crippen LogP) is 4.72. The summed E-state index contributed by atoms with van der Waals surface area (Å²) in [4.78, 5) is 4.87. The highest BCUT2D eigenvalue weighted by atomic mass is 15.0. The first-order valence-corrected chi connectivity index (χ1v) is 7.57. The van der Waals surface area contributed by atoms with Crippen LogP contribution in [0.2, 0.25) is 0 Å². The lowest BCUT2D eigenvalue weighted by atomic mass is 10.1. The fourth-order valence-electron chi connectivity index (χ4n) is 2.72. The standard InChI is InChI=1S/C19H18N2/c1-2-6-14(7-3-1)13-20-19-17-9-5-4-8-16(17)12-18(21-19)15-10-11-15/h1-9,12,15H,10-11,13H2,(H,20,21). The van der Waals surface area contributed by atoms with Crippen LogP contribution in [0.4, 0.5) is 5.82 Å². The van der Waals surface area contributed by atoms with Gasteiger partial charge in [0.05, 0.1) is 0 Å². The van der Waals surface area contributed by atoms with Crippen LogP contribution in [-0.2, 0) is 6.54 Å². The van der Waals surface area contributed by atoms with E-state index in [0.717, 1.165) is 12.4 Å². The first kappa shape index (κ1) is 12.4. The lowest BCUT2D eigenvalue weighted by Gasteiger charge is -2.11. The average molecular weight is 274 g/mol. The van der Waals surface area contributed by atoms with Gasteiger partial charge in [0.1, 0.15) is 5.82 Å². The summed E-state index contributed by atoms with van der Waals surface area (Å²) in [6.07, 6.45) is 2.56. The molecule has 1 aromatic heterocycles. The summed E-state index contributed by atoms with van der Waals surface area (Å²) in [5.74, 6) is 1.69. The minimum absolute atomic E-state index is 0.673. The Morgan fingerprint density at radius 3 is 2.52 bits per heavy atom. The summed E-state index contributed by atoms with van der Waals surface area (Å²) in [5.41, 5.74) is 2.52. The lowest BCUT2D eigenvalue weighted by Crippen LogP contribution is -2.03. The molecule has 1 N–H and O–H groups in total. The van der Waals surface area contributed by atoms with Crippen molar-refractivity contribution < 1.29 is 0 Å². The number of hydrogen-bond acceptors (Lipinski definition) is 2. The van der Waals surface area contributed by atoms with Gasteiger partial charge in [0, 0.05) is 23.5 Å². The second-order valence-electron chi connectivity index (χ2n) is 5.73. The quantitative estimate of drug-likeness (QED) is 0.744. The molecule has 3 aromatic rings. The Bertz CT molecular complexity index is 761. The number of rotatable bonds is 4. The maximum atomic E-state index is 4.87. The van der Waals surface area contributed by atoms with E-state index in [0.29, 0.717) is 5.92 Å². The molecule has 2 aromatic carbocycles. The van der Waals surface area contributed by atoms with Crippen molar-refractivity contribution in [2.45, 2.75) is 25.3 Å². The topological polar surface area (TPSA) is 24.9 Å². The van der Waals surface area contributed by atoms with Gasteiger partial charge in [0.15, 0.2) is 0 Å². The molecule has 2 nitrogen and oxygen atoms in total. The van der Waals surface area contributed by atoms with E-state index in [2.05, 4.69) is 59.9 Å². The first-order valence-electron chi connectivity index (χ1n) is 7.57. The monoisotopic (exact) mass is 274 g/mol. The van der Waals surface area contributed by atoms with E-state index in [1.807, 2.05) is 6.07 Å². The molecule has 1 saturated carbocycles. The summed E-state index contributed by atoms with van der Waals surface area (Å²) in [6, 6.07) is 21.2. The Labute approximate surface area is 124 Å². The molecule has 104 valence electrons. The van der Waals surface area contributed by atoms with Gasteiger partial charge in [-0.05, 0) is 29.9 Å². The molecule has 1 fully saturated rings. The molecule has 1 aliphatic rings. The van der Waals surface area contributed by atoms with Gasteiger partial charge in [-0.25, -0.2) is 4.98 Å². The van der Waals surface area contributed by atoms with E-state index in [4.69, 9.17) is 4.98 Å². The molecule has 0 aliphatic heterocycles. The van der Waals surface area contributed by atoms with E-state index in [1.165, 1.54) is 34.9 Å². The molecule has 0 atom stereocenters. The van der Waals surface area contributed by atoms with E-state index in [9.17, 15) is 0 Å². The minimum atomic E-state index is 0.673. The number of anilines is 1. The molecule has 0 spiro atoms. The lowest BCUT2D eigenvalue weighted by molar-refractivity contribution is 1.02. The Kier molecular flexibility index (Phi) is 3.07.